The van der Waals surface area contributed by atoms with Crippen LogP contribution in [0.25, 0.3) is 0 Å². The van der Waals surface area contributed by atoms with Crippen molar-refractivity contribution in [2.45, 2.75) is 37.5 Å². The lowest BCUT2D eigenvalue weighted by atomic mass is 9.99. The third-order valence-electron chi connectivity index (χ3n) is 4.44. The highest BCUT2D eigenvalue weighted by atomic mass is 32.2. The van der Waals surface area contributed by atoms with Crippen LogP contribution in [-0.2, 0) is 17.6 Å². The van der Waals surface area contributed by atoms with Gasteiger partial charge in [0.2, 0.25) is 5.91 Å². The number of nitrogens with one attached hydrogen (secondary N) is 1. The first kappa shape index (κ1) is 19.4. The largest absolute Gasteiger partial charge is 0.493 e. The standard InChI is InChI=1S/C20H22N2O4S/c1-13(23)15-5-6-16(21-12-15)9-10-26-17-7-3-14(4-8-17)11-20(2)18(24)22-19(25)27-20/h3-8,12-13,23H,9-11H2,1-2H3,(H,22,24,25). The van der Waals surface area contributed by atoms with Crippen LogP contribution < -0.4 is 10.1 Å². The van der Waals surface area contributed by atoms with Crippen molar-refractivity contribution in [3.63, 3.8) is 0 Å². The fraction of sp³-hybridized carbons (Fsp3) is 0.350. The Bertz CT molecular complexity index is 821. The zero-order chi connectivity index (χ0) is 19.4. The number of rotatable bonds is 7. The van der Waals surface area contributed by atoms with Crippen LogP contribution in [0.1, 0.15) is 36.8 Å². The van der Waals surface area contributed by atoms with Gasteiger partial charge in [0, 0.05) is 18.3 Å². The van der Waals surface area contributed by atoms with E-state index in [1.807, 2.05) is 36.4 Å². The van der Waals surface area contributed by atoms with Crippen molar-refractivity contribution in [2.75, 3.05) is 6.61 Å². The normalized spacial score (nSPS) is 20.4. The molecular weight excluding hydrogens is 364 g/mol. The Kier molecular flexibility index (Phi) is 5.82. The summed E-state index contributed by atoms with van der Waals surface area (Å²) < 4.78 is 4.99. The number of ether oxygens (including phenoxy) is 1. The molecule has 2 atom stereocenters. The summed E-state index contributed by atoms with van der Waals surface area (Å²) >= 11 is 1.04. The van der Waals surface area contributed by atoms with Crippen LogP contribution in [0, 0.1) is 0 Å². The zero-order valence-electron chi connectivity index (χ0n) is 15.3. The van der Waals surface area contributed by atoms with Crippen LogP contribution in [0.15, 0.2) is 42.6 Å². The summed E-state index contributed by atoms with van der Waals surface area (Å²) in [7, 11) is 0. The maximum Gasteiger partial charge on any atom is 0.286 e. The molecule has 6 nitrogen and oxygen atoms in total. The number of nitrogens with zero attached hydrogens (tertiary/aromatic N) is 1. The number of aliphatic hydroxyl groups excluding tert-OH is 1. The van der Waals surface area contributed by atoms with E-state index >= 15 is 0 Å². The number of imide groups is 1. The number of pyridine rings is 1. The Morgan fingerprint density at radius 1 is 1.22 bits per heavy atom. The molecule has 7 heteroatoms. The molecule has 2 unspecified atom stereocenters. The van der Waals surface area contributed by atoms with Crippen LogP contribution in [0.2, 0.25) is 0 Å². The van der Waals surface area contributed by atoms with Crippen molar-refractivity contribution >= 4 is 22.9 Å². The van der Waals surface area contributed by atoms with E-state index in [1.54, 1.807) is 20.0 Å². The molecule has 142 valence electrons. The second-order valence-electron chi connectivity index (χ2n) is 6.75. The second-order valence-corrected chi connectivity index (χ2v) is 8.23. The smallest absolute Gasteiger partial charge is 0.286 e. The van der Waals surface area contributed by atoms with E-state index in [0.717, 1.165) is 34.3 Å². The summed E-state index contributed by atoms with van der Waals surface area (Å²) in [6, 6.07) is 11.3. The molecule has 2 heterocycles. The van der Waals surface area contributed by atoms with E-state index in [4.69, 9.17) is 4.74 Å². The van der Waals surface area contributed by atoms with E-state index in [2.05, 4.69) is 10.3 Å². The lowest BCUT2D eigenvalue weighted by Crippen LogP contribution is -2.35. The first-order valence-electron chi connectivity index (χ1n) is 8.75. The number of hydrogen-bond donors (Lipinski definition) is 2. The van der Waals surface area contributed by atoms with E-state index in [1.165, 1.54) is 0 Å². The number of aromatic nitrogens is 1. The van der Waals surface area contributed by atoms with Gasteiger partial charge in [-0.05, 0) is 61.4 Å². The maximum atomic E-state index is 11.9. The number of aliphatic hydroxyl groups is 1. The van der Waals surface area contributed by atoms with Gasteiger partial charge in [-0.3, -0.25) is 19.9 Å². The van der Waals surface area contributed by atoms with Gasteiger partial charge in [-0.2, -0.15) is 0 Å². The Morgan fingerprint density at radius 3 is 2.52 bits per heavy atom. The fourth-order valence-corrected chi connectivity index (χ4v) is 3.75. The molecule has 0 radical (unpaired) electrons. The first-order chi connectivity index (χ1) is 12.9. The number of carbonyl (C=O) groups excluding carboxylic acids is 2. The van der Waals surface area contributed by atoms with Gasteiger partial charge in [-0.25, -0.2) is 0 Å². The number of benzene rings is 1. The molecule has 0 aliphatic carbocycles. The average molecular weight is 386 g/mol. The Labute approximate surface area is 162 Å². The van der Waals surface area contributed by atoms with Crippen LogP contribution in [0.4, 0.5) is 4.79 Å². The summed E-state index contributed by atoms with van der Waals surface area (Å²) in [5.41, 5.74) is 2.66. The maximum absolute atomic E-state index is 11.9. The second kappa shape index (κ2) is 8.10. The molecule has 1 fully saturated rings. The topological polar surface area (TPSA) is 88.5 Å². The number of thioether (sulfide) groups is 1. The van der Waals surface area contributed by atoms with Crippen molar-refractivity contribution in [2.24, 2.45) is 0 Å². The molecule has 0 bridgehead atoms. The van der Waals surface area contributed by atoms with Gasteiger partial charge in [0.15, 0.2) is 0 Å². The van der Waals surface area contributed by atoms with Crippen molar-refractivity contribution < 1.29 is 19.4 Å². The molecule has 1 aromatic heterocycles. The van der Waals surface area contributed by atoms with Crippen LogP contribution in [-0.4, -0.2) is 32.6 Å². The van der Waals surface area contributed by atoms with E-state index in [9.17, 15) is 14.7 Å². The van der Waals surface area contributed by atoms with E-state index < -0.39 is 10.9 Å². The van der Waals surface area contributed by atoms with Gasteiger partial charge in [0.05, 0.1) is 12.7 Å². The third kappa shape index (κ3) is 4.87. The van der Waals surface area contributed by atoms with Crippen molar-refractivity contribution in [3.8, 4) is 5.75 Å². The molecule has 27 heavy (non-hydrogen) atoms. The Hall–Kier alpha value is -2.38. The third-order valence-corrected chi connectivity index (χ3v) is 5.50. The average Bonchev–Trinajstić information content (AvgIpc) is 2.88. The lowest BCUT2D eigenvalue weighted by molar-refractivity contribution is -0.121. The van der Waals surface area contributed by atoms with Gasteiger partial charge in [0.1, 0.15) is 10.5 Å². The summed E-state index contributed by atoms with van der Waals surface area (Å²) in [4.78, 5) is 27.6. The fourth-order valence-electron chi connectivity index (χ4n) is 2.82. The number of amides is 2. The molecule has 1 saturated heterocycles. The van der Waals surface area contributed by atoms with Gasteiger partial charge in [-0.15, -0.1) is 0 Å². The van der Waals surface area contributed by atoms with Crippen molar-refractivity contribution in [1.29, 1.82) is 0 Å². The van der Waals surface area contributed by atoms with Crippen LogP contribution >= 0.6 is 11.8 Å². The van der Waals surface area contributed by atoms with Gasteiger partial charge >= 0.3 is 0 Å². The van der Waals surface area contributed by atoms with Crippen molar-refractivity contribution in [3.05, 3.63) is 59.4 Å². The predicted molar refractivity (Wildman–Crippen MR) is 104 cm³/mol. The molecule has 1 aliphatic heterocycles. The van der Waals surface area contributed by atoms with E-state index in [-0.39, 0.29) is 11.1 Å². The lowest BCUT2D eigenvalue weighted by Gasteiger charge is -2.18. The quantitative estimate of drug-likeness (QED) is 0.760. The molecule has 0 spiro atoms. The molecule has 2 N–H and O–H groups in total. The zero-order valence-corrected chi connectivity index (χ0v) is 16.1. The minimum atomic E-state index is -0.761. The predicted octanol–water partition coefficient (Wildman–Crippen LogP) is 3.04. The van der Waals surface area contributed by atoms with Crippen molar-refractivity contribution in [1.82, 2.24) is 10.3 Å². The highest BCUT2D eigenvalue weighted by Gasteiger charge is 2.43. The molecule has 0 saturated carbocycles. The van der Waals surface area contributed by atoms with Crippen LogP contribution in [0.5, 0.6) is 5.75 Å². The summed E-state index contributed by atoms with van der Waals surface area (Å²) in [5.74, 6) is 0.496. The minimum absolute atomic E-state index is 0.244. The summed E-state index contributed by atoms with van der Waals surface area (Å²) in [6.07, 6.45) is 2.31. The van der Waals surface area contributed by atoms with Gasteiger partial charge in [-0.1, -0.05) is 18.2 Å². The minimum Gasteiger partial charge on any atom is -0.493 e. The molecule has 2 aromatic rings. The number of carbonyl (C=O) groups is 2. The Balaban J connectivity index is 1.50. The Morgan fingerprint density at radius 2 is 1.96 bits per heavy atom. The summed E-state index contributed by atoms with van der Waals surface area (Å²) in [5, 5.41) is 11.5. The highest BCUT2D eigenvalue weighted by molar-refractivity contribution is 8.16. The van der Waals surface area contributed by atoms with Gasteiger partial charge < -0.3 is 9.84 Å². The molecular formula is C20H22N2O4S. The van der Waals surface area contributed by atoms with E-state index in [0.29, 0.717) is 19.4 Å². The number of hydrogen-bond acceptors (Lipinski definition) is 6. The van der Waals surface area contributed by atoms with Gasteiger partial charge in [0.25, 0.3) is 5.24 Å². The molecule has 1 aromatic carbocycles. The highest BCUT2D eigenvalue weighted by Crippen LogP contribution is 2.34. The SMILES string of the molecule is CC(O)c1ccc(CCOc2ccc(CC3(C)SC(=O)NC3=O)cc2)nc1. The summed E-state index contributed by atoms with van der Waals surface area (Å²) in [6.45, 7) is 3.97. The molecule has 2 amide bonds. The molecule has 3 rings (SSSR count). The van der Waals surface area contributed by atoms with Crippen LogP contribution in [0.3, 0.4) is 0 Å². The monoisotopic (exact) mass is 386 g/mol. The molecule has 1 aliphatic rings. The first-order valence-corrected chi connectivity index (χ1v) is 9.56.